The molecule has 94 valence electrons. The fraction of sp³-hybridized carbons (Fsp3) is 0.375. The molecule has 17 heavy (non-hydrogen) atoms. The van der Waals surface area contributed by atoms with Crippen LogP contribution in [0.5, 0.6) is 5.75 Å². The molecule has 0 spiro atoms. The summed E-state index contributed by atoms with van der Waals surface area (Å²) in [5, 5.41) is 10.6. The number of ether oxygens (including phenoxy) is 1. The van der Waals surface area contributed by atoms with Crippen molar-refractivity contribution in [2.45, 2.75) is 19.8 Å². The van der Waals surface area contributed by atoms with Gasteiger partial charge in [-0.25, -0.2) is 0 Å². The van der Waals surface area contributed by atoms with E-state index in [-0.39, 0.29) is 17.8 Å². The zero-order chi connectivity index (χ0) is 13.2. The minimum atomic E-state index is -5.01. The van der Waals surface area contributed by atoms with Gasteiger partial charge in [0.25, 0.3) is 0 Å². The van der Waals surface area contributed by atoms with E-state index in [1.165, 1.54) is 13.0 Å². The van der Waals surface area contributed by atoms with Gasteiger partial charge in [-0.2, -0.15) is 0 Å². The second-order valence-corrected chi connectivity index (χ2v) is 3.09. The number of hydrogen-bond acceptors (Lipinski definition) is 5. The quantitative estimate of drug-likeness (QED) is 0.651. The van der Waals surface area contributed by atoms with E-state index in [9.17, 15) is 23.3 Å². The summed E-state index contributed by atoms with van der Waals surface area (Å²) in [5.41, 5.74) is 5.28. The Morgan fingerprint density at radius 1 is 1.59 bits per heavy atom. The Bertz CT molecular complexity index is 448. The maximum Gasteiger partial charge on any atom is 0.573 e. The first-order valence-corrected chi connectivity index (χ1v) is 4.35. The van der Waals surface area contributed by atoms with Gasteiger partial charge in [0.15, 0.2) is 5.69 Å². The first kappa shape index (κ1) is 13.2. The van der Waals surface area contributed by atoms with E-state index < -0.39 is 22.9 Å². The van der Waals surface area contributed by atoms with Crippen molar-refractivity contribution in [1.29, 1.82) is 0 Å². The van der Waals surface area contributed by atoms with Crippen LogP contribution in [-0.2, 0) is 6.54 Å². The SMILES string of the molecule is Cc1cc(CN)nc([N+](=O)[O-])c1OC(F)(F)F. The molecule has 0 fully saturated rings. The molecule has 6 nitrogen and oxygen atoms in total. The fourth-order valence-electron chi connectivity index (χ4n) is 1.18. The molecule has 0 saturated carbocycles. The lowest BCUT2D eigenvalue weighted by Gasteiger charge is -2.11. The van der Waals surface area contributed by atoms with E-state index in [0.717, 1.165) is 0 Å². The van der Waals surface area contributed by atoms with Gasteiger partial charge in [0.05, 0.1) is 6.54 Å². The number of alkyl halides is 3. The molecule has 1 aromatic heterocycles. The van der Waals surface area contributed by atoms with E-state index in [2.05, 4.69) is 9.72 Å². The van der Waals surface area contributed by atoms with Crippen LogP contribution < -0.4 is 10.5 Å². The molecule has 0 aliphatic heterocycles. The Kier molecular flexibility index (Phi) is 3.51. The Balaban J connectivity index is 3.32. The van der Waals surface area contributed by atoms with Crippen molar-refractivity contribution in [3.8, 4) is 5.75 Å². The molecule has 1 rings (SSSR count). The van der Waals surface area contributed by atoms with Gasteiger partial charge < -0.3 is 20.6 Å². The summed E-state index contributed by atoms with van der Waals surface area (Å²) >= 11 is 0. The standard InChI is InChI=1S/C8H8F3N3O3/c1-4-2-5(3-12)13-7(14(15)16)6(4)17-8(9,10)11/h2H,3,12H2,1H3. The summed E-state index contributed by atoms with van der Waals surface area (Å²) in [7, 11) is 0. The van der Waals surface area contributed by atoms with E-state index in [1.54, 1.807) is 0 Å². The Morgan fingerprint density at radius 2 is 2.18 bits per heavy atom. The van der Waals surface area contributed by atoms with Crippen LogP contribution in [-0.4, -0.2) is 16.3 Å². The molecule has 0 saturated heterocycles. The molecular weight excluding hydrogens is 243 g/mol. The molecule has 0 amide bonds. The van der Waals surface area contributed by atoms with Gasteiger partial charge in [-0.3, -0.25) is 0 Å². The average molecular weight is 251 g/mol. The molecular formula is C8H8F3N3O3. The van der Waals surface area contributed by atoms with Crippen molar-refractivity contribution in [1.82, 2.24) is 4.98 Å². The lowest BCUT2D eigenvalue weighted by atomic mass is 10.2. The predicted molar refractivity (Wildman–Crippen MR) is 50.2 cm³/mol. The summed E-state index contributed by atoms with van der Waals surface area (Å²) in [6.45, 7) is 1.13. The minimum absolute atomic E-state index is 0.0514. The van der Waals surface area contributed by atoms with Crippen molar-refractivity contribution in [3.05, 3.63) is 27.4 Å². The highest BCUT2D eigenvalue weighted by molar-refractivity contribution is 5.47. The smallest absolute Gasteiger partial charge is 0.396 e. The number of nitrogens with two attached hydrogens (primary N) is 1. The Morgan fingerprint density at radius 3 is 2.59 bits per heavy atom. The third-order valence-electron chi connectivity index (χ3n) is 1.79. The van der Waals surface area contributed by atoms with Gasteiger partial charge in [-0.15, -0.1) is 13.2 Å². The van der Waals surface area contributed by atoms with E-state index in [1.807, 2.05) is 0 Å². The number of aromatic nitrogens is 1. The molecule has 0 unspecified atom stereocenters. The van der Waals surface area contributed by atoms with Crippen molar-refractivity contribution in [2.75, 3.05) is 0 Å². The van der Waals surface area contributed by atoms with Crippen molar-refractivity contribution >= 4 is 5.82 Å². The summed E-state index contributed by atoms with van der Waals surface area (Å²) < 4.78 is 39.7. The van der Waals surface area contributed by atoms with Gasteiger partial charge in [0.2, 0.25) is 5.75 Å². The van der Waals surface area contributed by atoms with E-state index in [0.29, 0.717) is 0 Å². The number of rotatable bonds is 3. The molecule has 0 bridgehead atoms. The van der Waals surface area contributed by atoms with Crippen LogP contribution in [0.25, 0.3) is 0 Å². The van der Waals surface area contributed by atoms with Crippen LogP contribution in [0.2, 0.25) is 0 Å². The van der Waals surface area contributed by atoms with Crippen LogP contribution >= 0.6 is 0 Å². The summed E-state index contributed by atoms with van der Waals surface area (Å²) in [6.07, 6.45) is -5.01. The normalized spacial score (nSPS) is 11.4. The molecule has 0 aromatic carbocycles. The fourth-order valence-corrected chi connectivity index (χ4v) is 1.18. The largest absolute Gasteiger partial charge is 0.573 e. The highest BCUT2D eigenvalue weighted by atomic mass is 19.4. The lowest BCUT2D eigenvalue weighted by Crippen LogP contribution is -2.19. The topological polar surface area (TPSA) is 91.3 Å². The van der Waals surface area contributed by atoms with E-state index in [4.69, 9.17) is 5.73 Å². The summed E-state index contributed by atoms with van der Waals surface area (Å²) in [5.74, 6) is -1.91. The van der Waals surface area contributed by atoms with Gasteiger partial charge in [-0.05, 0) is 22.9 Å². The molecule has 1 aromatic rings. The Hall–Kier alpha value is -1.90. The second-order valence-electron chi connectivity index (χ2n) is 3.09. The second kappa shape index (κ2) is 4.53. The van der Waals surface area contributed by atoms with Gasteiger partial charge in [-0.1, -0.05) is 0 Å². The molecule has 9 heteroatoms. The maximum absolute atomic E-state index is 12.0. The number of pyridine rings is 1. The molecule has 2 N–H and O–H groups in total. The number of halogens is 3. The minimum Gasteiger partial charge on any atom is -0.396 e. The maximum atomic E-state index is 12.0. The molecule has 0 atom stereocenters. The average Bonchev–Trinajstić information content (AvgIpc) is 2.18. The zero-order valence-corrected chi connectivity index (χ0v) is 8.61. The molecule has 0 aliphatic carbocycles. The van der Waals surface area contributed by atoms with Crippen LogP contribution in [0.15, 0.2) is 6.07 Å². The highest BCUT2D eigenvalue weighted by Gasteiger charge is 2.36. The first-order chi connectivity index (χ1) is 7.74. The highest BCUT2D eigenvalue weighted by Crippen LogP contribution is 2.33. The number of aryl methyl sites for hydroxylation is 1. The van der Waals surface area contributed by atoms with Crippen LogP contribution in [0, 0.1) is 17.0 Å². The molecule has 1 heterocycles. The third-order valence-corrected chi connectivity index (χ3v) is 1.79. The predicted octanol–water partition coefficient (Wildman–Crippen LogP) is 1.66. The van der Waals surface area contributed by atoms with Crippen LogP contribution in [0.3, 0.4) is 0 Å². The van der Waals surface area contributed by atoms with Crippen molar-refractivity contribution in [2.24, 2.45) is 5.73 Å². The zero-order valence-electron chi connectivity index (χ0n) is 8.61. The van der Waals surface area contributed by atoms with Crippen LogP contribution in [0.4, 0.5) is 19.0 Å². The van der Waals surface area contributed by atoms with Crippen LogP contribution in [0.1, 0.15) is 11.3 Å². The molecule has 0 aliphatic rings. The van der Waals surface area contributed by atoms with Crippen molar-refractivity contribution < 1.29 is 22.8 Å². The molecule has 0 radical (unpaired) electrons. The summed E-state index contributed by atoms with van der Waals surface area (Å²) in [4.78, 5) is 12.9. The first-order valence-electron chi connectivity index (χ1n) is 4.35. The van der Waals surface area contributed by atoms with Crippen molar-refractivity contribution in [3.63, 3.8) is 0 Å². The number of nitro groups is 1. The number of hydrogen-bond donors (Lipinski definition) is 1. The number of nitrogens with zero attached hydrogens (tertiary/aromatic N) is 2. The lowest BCUT2D eigenvalue weighted by molar-refractivity contribution is -0.393. The third kappa shape index (κ3) is 3.28. The van der Waals surface area contributed by atoms with E-state index >= 15 is 0 Å². The Labute approximate surface area is 93.3 Å². The summed E-state index contributed by atoms with van der Waals surface area (Å²) in [6, 6.07) is 1.20. The van der Waals surface area contributed by atoms with Gasteiger partial charge in [0, 0.05) is 5.56 Å². The monoisotopic (exact) mass is 251 g/mol. The van der Waals surface area contributed by atoms with Gasteiger partial charge >= 0.3 is 12.2 Å². The van der Waals surface area contributed by atoms with Gasteiger partial charge in [0.1, 0.15) is 0 Å².